The molecule has 1 heterocycles. The van der Waals surface area contributed by atoms with Gasteiger partial charge in [0.1, 0.15) is 11.5 Å². The van der Waals surface area contributed by atoms with Gasteiger partial charge in [0.05, 0.1) is 11.5 Å². The number of hydrogen-bond acceptors (Lipinski definition) is 6. The molecule has 2 aliphatic rings. The van der Waals surface area contributed by atoms with Crippen molar-refractivity contribution in [2.24, 2.45) is 0 Å². The van der Waals surface area contributed by atoms with Crippen molar-refractivity contribution in [3.8, 4) is 22.6 Å². The zero-order chi connectivity index (χ0) is 30.1. The lowest BCUT2D eigenvalue weighted by molar-refractivity contribution is -0.274. The van der Waals surface area contributed by atoms with E-state index in [4.69, 9.17) is 9.47 Å². The van der Waals surface area contributed by atoms with Crippen molar-refractivity contribution in [1.82, 2.24) is 4.31 Å². The van der Waals surface area contributed by atoms with Gasteiger partial charge in [-0.15, -0.1) is 13.2 Å². The summed E-state index contributed by atoms with van der Waals surface area (Å²) >= 11 is 0. The number of alkyl halides is 3. The van der Waals surface area contributed by atoms with Crippen LogP contribution in [-0.2, 0) is 31.5 Å². The Morgan fingerprint density at radius 2 is 1.67 bits per heavy atom. The second kappa shape index (κ2) is 11.6. The Hall–Kier alpha value is -3.57. The lowest BCUT2D eigenvalue weighted by atomic mass is 9.74. The molecule has 0 unspecified atom stereocenters. The van der Waals surface area contributed by atoms with Gasteiger partial charge in [0, 0.05) is 18.5 Å². The van der Waals surface area contributed by atoms with Crippen LogP contribution in [0.5, 0.6) is 11.5 Å². The monoisotopic (exact) mass is 603 g/mol. The molecule has 42 heavy (non-hydrogen) atoms. The van der Waals surface area contributed by atoms with Crippen molar-refractivity contribution in [2.45, 2.75) is 62.7 Å². The summed E-state index contributed by atoms with van der Waals surface area (Å²) < 4.78 is 81.6. The normalized spacial score (nSPS) is 16.7. The number of rotatable bonds is 8. The molecule has 7 nitrogen and oxygen atoms in total. The van der Waals surface area contributed by atoms with E-state index in [1.165, 1.54) is 22.5 Å². The lowest BCUT2D eigenvalue weighted by Crippen LogP contribution is -2.46. The summed E-state index contributed by atoms with van der Waals surface area (Å²) in [7, 11) is -3.88. The highest BCUT2D eigenvalue weighted by molar-refractivity contribution is 7.89. The van der Waals surface area contributed by atoms with E-state index in [1.807, 2.05) is 18.2 Å². The number of fused-ring (bicyclic) bond motifs is 2. The molecule has 1 fully saturated rings. The van der Waals surface area contributed by atoms with Crippen molar-refractivity contribution >= 4 is 16.0 Å². The maximum atomic E-state index is 14.0. The average Bonchev–Trinajstić information content (AvgIpc) is 3.40. The van der Waals surface area contributed by atoms with E-state index in [2.05, 4.69) is 4.74 Å². The van der Waals surface area contributed by atoms with Crippen LogP contribution in [0.2, 0.25) is 0 Å². The minimum atomic E-state index is -4.77. The number of carbonyl (C=O) groups is 1. The Labute approximate surface area is 243 Å². The Morgan fingerprint density at radius 1 is 0.976 bits per heavy atom. The predicted octanol–water partition coefficient (Wildman–Crippen LogP) is 6.52. The number of hydrogen-bond donors (Lipinski definition) is 0. The Morgan fingerprint density at radius 3 is 2.31 bits per heavy atom. The van der Waals surface area contributed by atoms with Gasteiger partial charge >= 0.3 is 12.3 Å². The number of esters is 1. The SMILES string of the molecule is CCOC(=O)COc1ccc(S(=O)(=O)N2Cc3cc(-c4ccc(OC(F)(F)F)cc4)ccc3C3(CCCC3)C2)cc1C. The summed E-state index contributed by atoms with van der Waals surface area (Å²) in [6, 6.07) is 16.2. The van der Waals surface area contributed by atoms with Crippen molar-refractivity contribution in [2.75, 3.05) is 19.8 Å². The molecule has 3 aromatic rings. The molecule has 11 heteroatoms. The van der Waals surface area contributed by atoms with Crippen molar-refractivity contribution < 1.29 is 40.6 Å². The van der Waals surface area contributed by atoms with E-state index in [0.29, 0.717) is 23.4 Å². The third kappa shape index (κ3) is 6.27. The van der Waals surface area contributed by atoms with Crippen LogP contribution in [0.3, 0.4) is 0 Å². The molecule has 0 N–H and O–H groups in total. The lowest BCUT2D eigenvalue weighted by Gasteiger charge is -2.41. The first-order valence-electron chi connectivity index (χ1n) is 13.8. The zero-order valence-electron chi connectivity index (χ0n) is 23.4. The van der Waals surface area contributed by atoms with Crippen LogP contribution in [0.1, 0.15) is 49.3 Å². The minimum Gasteiger partial charge on any atom is -0.482 e. The molecule has 0 aromatic heterocycles. The average molecular weight is 604 g/mol. The maximum absolute atomic E-state index is 14.0. The fourth-order valence-corrected chi connectivity index (χ4v) is 7.61. The Kier molecular flexibility index (Phi) is 8.26. The quantitative estimate of drug-likeness (QED) is 0.273. The first-order chi connectivity index (χ1) is 19.9. The minimum absolute atomic E-state index is 0.136. The molecule has 1 saturated carbocycles. The predicted molar refractivity (Wildman–Crippen MR) is 150 cm³/mol. The summed E-state index contributed by atoms with van der Waals surface area (Å²) in [5.74, 6) is -0.416. The van der Waals surface area contributed by atoms with Crippen LogP contribution in [0, 0.1) is 6.92 Å². The molecule has 3 aromatic carbocycles. The third-order valence-electron chi connectivity index (χ3n) is 7.92. The van der Waals surface area contributed by atoms with Crippen LogP contribution >= 0.6 is 0 Å². The highest BCUT2D eigenvalue weighted by Gasteiger charge is 2.45. The molecule has 5 rings (SSSR count). The van der Waals surface area contributed by atoms with E-state index < -0.39 is 22.4 Å². The molecule has 0 atom stereocenters. The first-order valence-corrected chi connectivity index (χ1v) is 15.2. The van der Waals surface area contributed by atoms with E-state index >= 15 is 0 Å². The van der Waals surface area contributed by atoms with Gasteiger partial charge in [-0.1, -0.05) is 37.1 Å². The number of ether oxygens (including phenoxy) is 3. The zero-order valence-corrected chi connectivity index (χ0v) is 24.2. The second-order valence-electron chi connectivity index (χ2n) is 10.7. The number of aryl methyl sites for hydroxylation is 1. The van der Waals surface area contributed by atoms with Gasteiger partial charge in [0.25, 0.3) is 0 Å². The number of halogens is 3. The number of nitrogens with zero attached hydrogens (tertiary/aromatic N) is 1. The van der Waals surface area contributed by atoms with Gasteiger partial charge in [0.2, 0.25) is 10.0 Å². The molecule has 0 radical (unpaired) electrons. The summed E-state index contributed by atoms with van der Waals surface area (Å²) in [4.78, 5) is 11.8. The summed E-state index contributed by atoms with van der Waals surface area (Å²) in [5.41, 5.74) is 3.76. The van der Waals surface area contributed by atoms with Crippen LogP contribution < -0.4 is 9.47 Å². The highest BCUT2D eigenvalue weighted by Crippen LogP contribution is 2.48. The van der Waals surface area contributed by atoms with Crippen LogP contribution in [0.15, 0.2) is 65.6 Å². The van der Waals surface area contributed by atoms with Gasteiger partial charge in [-0.05, 0) is 90.9 Å². The Balaban J connectivity index is 1.42. The fourth-order valence-electron chi connectivity index (χ4n) is 6.02. The van der Waals surface area contributed by atoms with Crippen molar-refractivity contribution in [3.05, 3.63) is 77.4 Å². The highest BCUT2D eigenvalue weighted by atomic mass is 32.2. The van der Waals surface area contributed by atoms with Gasteiger partial charge in [-0.3, -0.25) is 0 Å². The van der Waals surface area contributed by atoms with Crippen LogP contribution in [0.25, 0.3) is 11.1 Å². The van der Waals surface area contributed by atoms with E-state index in [1.54, 1.807) is 38.1 Å². The smallest absolute Gasteiger partial charge is 0.482 e. The molecule has 1 aliphatic carbocycles. The van der Waals surface area contributed by atoms with Gasteiger partial charge < -0.3 is 14.2 Å². The molecule has 0 saturated heterocycles. The molecular weight excluding hydrogens is 571 g/mol. The topological polar surface area (TPSA) is 82.1 Å². The molecule has 0 bridgehead atoms. The molecule has 0 amide bonds. The number of sulfonamides is 1. The Bertz CT molecular complexity index is 1560. The first kappa shape index (κ1) is 29.9. The summed E-state index contributed by atoms with van der Waals surface area (Å²) in [5, 5.41) is 0. The van der Waals surface area contributed by atoms with E-state index in [9.17, 15) is 26.4 Å². The summed E-state index contributed by atoms with van der Waals surface area (Å²) in [6.45, 7) is 3.93. The van der Waals surface area contributed by atoms with Crippen LogP contribution in [0.4, 0.5) is 13.2 Å². The molecular formula is C31H32F3NO6S. The van der Waals surface area contributed by atoms with E-state index in [-0.39, 0.29) is 35.8 Å². The number of benzene rings is 3. The van der Waals surface area contributed by atoms with Gasteiger partial charge in [-0.2, -0.15) is 4.31 Å². The fraction of sp³-hybridized carbons (Fsp3) is 0.387. The third-order valence-corrected chi connectivity index (χ3v) is 9.71. The summed E-state index contributed by atoms with van der Waals surface area (Å²) in [6.07, 6.45) is -1.03. The largest absolute Gasteiger partial charge is 0.573 e. The van der Waals surface area contributed by atoms with Crippen molar-refractivity contribution in [3.63, 3.8) is 0 Å². The molecule has 1 aliphatic heterocycles. The number of carbonyl (C=O) groups excluding carboxylic acids is 1. The maximum Gasteiger partial charge on any atom is 0.573 e. The van der Waals surface area contributed by atoms with Crippen molar-refractivity contribution in [1.29, 1.82) is 0 Å². The standard InChI is InChI=1S/C31H32F3NO6S/c1-3-39-29(36)19-40-28-13-11-26(16-21(28)2)42(37,38)35-18-24-17-23(8-12-27(24)30(20-35)14-4-5-15-30)22-6-9-25(10-7-22)41-31(32,33)34/h6-13,16-17H,3-5,14-15,18-20H2,1-2H3. The van der Waals surface area contributed by atoms with Gasteiger partial charge in [0.15, 0.2) is 6.61 Å². The van der Waals surface area contributed by atoms with E-state index in [0.717, 1.165) is 42.4 Å². The van der Waals surface area contributed by atoms with Gasteiger partial charge in [-0.25, -0.2) is 13.2 Å². The second-order valence-corrected chi connectivity index (χ2v) is 12.7. The van der Waals surface area contributed by atoms with Crippen LogP contribution in [-0.4, -0.2) is 44.8 Å². The molecule has 1 spiro atoms. The molecule has 224 valence electrons.